The standard InChI is InChI=1S/C16H24N2O2S/c1-17(2)16-6-4-3-5-13(16)11-18(14-7-8-14)15-9-10-21(19,20)12-15/h3-6,14-15H,7-12H2,1-2H3/t15-/m1/s1. The maximum Gasteiger partial charge on any atom is 0.151 e. The van der Waals surface area contributed by atoms with Gasteiger partial charge in [0.25, 0.3) is 0 Å². The highest BCUT2D eigenvalue weighted by Gasteiger charge is 2.39. The number of benzene rings is 1. The van der Waals surface area contributed by atoms with E-state index in [9.17, 15) is 8.42 Å². The fourth-order valence-corrected chi connectivity index (χ4v) is 5.02. The Morgan fingerprint density at radius 3 is 2.38 bits per heavy atom. The van der Waals surface area contributed by atoms with E-state index < -0.39 is 9.84 Å². The summed E-state index contributed by atoms with van der Waals surface area (Å²) >= 11 is 0. The molecule has 0 N–H and O–H groups in total. The quantitative estimate of drug-likeness (QED) is 0.833. The van der Waals surface area contributed by atoms with Crippen molar-refractivity contribution in [3.8, 4) is 0 Å². The first-order chi connectivity index (χ1) is 9.96. The monoisotopic (exact) mass is 308 g/mol. The molecule has 2 fully saturated rings. The van der Waals surface area contributed by atoms with Crippen molar-refractivity contribution in [2.45, 2.75) is 37.9 Å². The third kappa shape index (κ3) is 3.40. The van der Waals surface area contributed by atoms with Crippen LogP contribution in [0.2, 0.25) is 0 Å². The number of hydrogen-bond acceptors (Lipinski definition) is 4. The normalized spacial score (nSPS) is 24.4. The van der Waals surface area contributed by atoms with Crippen LogP contribution < -0.4 is 4.90 Å². The van der Waals surface area contributed by atoms with Crippen LogP contribution in [0, 0.1) is 0 Å². The smallest absolute Gasteiger partial charge is 0.151 e. The van der Waals surface area contributed by atoms with Crippen molar-refractivity contribution in [1.82, 2.24) is 4.90 Å². The molecular formula is C16H24N2O2S. The molecule has 0 aromatic heterocycles. The number of sulfone groups is 1. The van der Waals surface area contributed by atoms with E-state index in [2.05, 4.69) is 48.2 Å². The second-order valence-electron chi connectivity index (χ2n) is 6.48. The summed E-state index contributed by atoms with van der Waals surface area (Å²) in [5.41, 5.74) is 2.52. The zero-order valence-corrected chi connectivity index (χ0v) is 13.6. The van der Waals surface area contributed by atoms with E-state index in [0.717, 1.165) is 13.0 Å². The van der Waals surface area contributed by atoms with Gasteiger partial charge in [0.15, 0.2) is 9.84 Å². The largest absolute Gasteiger partial charge is 0.377 e. The second kappa shape index (κ2) is 5.61. The minimum Gasteiger partial charge on any atom is -0.377 e. The maximum atomic E-state index is 11.8. The highest BCUT2D eigenvalue weighted by Crippen LogP contribution is 2.34. The molecule has 2 aliphatic rings. The van der Waals surface area contributed by atoms with E-state index in [4.69, 9.17) is 0 Å². The molecule has 1 heterocycles. The van der Waals surface area contributed by atoms with Crippen LogP contribution in [0.3, 0.4) is 0 Å². The summed E-state index contributed by atoms with van der Waals surface area (Å²) in [7, 11) is 1.29. The number of para-hydroxylation sites is 1. The van der Waals surface area contributed by atoms with Crippen molar-refractivity contribution in [2.75, 3.05) is 30.5 Å². The van der Waals surface area contributed by atoms with Crippen LogP contribution in [-0.4, -0.2) is 51.0 Å². The van der Waals surface area contributed by atoms with Gasteiger partial charge in [0.2, 0.25) is 0 Å². The molecule has 1 aliphatic heterocycles. The summed E-state index contributed by atoms with van der Waals surface area (Å²) in [5, 5.41) is 0. The summed E-state index contributed by atoms with van der Waals surface area (Å²) in [4.78, 5) is 4.57. The molecule has 1 saturated carbocycles. The third-order valence-electron chi connectivity index (χ3n) is 4.52. The molecule has 3 rings (SSSR count). The van der Waals surface area contributed by atoms with Gasteiger partial charge < -0.3 is 4.90 Å². The van der Waals surface area contributed by atoms with E-state index in [1.54, 1.807) is 0 Å². The third-order valence-corrected chi connectivity index (χ3v) is 6.27. The number of rotatable bonds is 5. The van der Waals surface area contributed by atoms with E-state index >= 15 is 0 Å². The van der Waals surface area contributed by atoms with Crippen molar-refractivity contribution in [1.29, 1.82) is 0 Å². The summed E-state index contributed by atoms with van der Waals surface area (Å²) < 4.78 is 23.6. The maximum absolute atomic E-state index is 11.8. The molecule has 1 saturated heterocycles. The zero-order chi connectivity index (χ0) is 15.0. The lowest BCUT2D eigenvalue weighted by molar-refractivity contribution is 0.193. The number of hydrogen-bond donors (Lipinski definition) is 0. The predicted octanol–water partition coefficient (Wildman–Crippen LogP) is 1.90. The molecule has 0 amide bonds. The SMILES string of the molecule is CN(C)c1ccccc1CN(C1CC1)[C@@H]1CCS(=O)(=O)C1. The fraction of sp³-hybridized carbons (Fsp3) is 0.625. The summed E-state index contributed by atoms with van der Waals surface area (Å²) in [6, 6.07) is 9.20. The lowest BCUT2D eigenvalue weighted by Crippen LogP contribution is -2.37. The van der Waals surface area contributed by atoms with Crippen LogP contribution in [-0.2, 0) is 16.4 Å². The van der Waals surface area contributed by atoms with Gasteiger partial charge in [0.1, 0.15) is 0 Å². The van der Waals surface area contributed by atoms with Gasteiger partial charge in [-0.15, -0.1) is 0 Å². The molecule has 0 unspecified atom stereocenters. The lowest BCUT2D eigenvalue weighted by atomic mass is 10.1. The van der Waals surface area contributed by atoms with E-state index in [0.29, 0.717) is 17.5 Å². The average Bonchev–Trinajstić information content (AvgIpc) is 3.20. The van der Waals surface area contributed by atoms with Crippen molar-refractivity contribution >= 4 is 15.5 Å². The Kier molecular flexibility index (Phi) is 3.97. The Morgan fingerprint density at radius 1 is 1.10 bits per heavy atom. The Balaban J connectivity index is 1.81. The first kappa shape index (κ1) is 14.9. The first-order valence-corrected chi connectivity index (χ1v) is 9.50. The van der Waals surface area contributed by atoms with Crippen molar-refractivity contribution in [3.05, 3.63) is 29.8 Å². The molecule has 1 aliphatic carbocycles. The van der Waals surface area contributed by atoms with Gasteiger partial charge in [-0.3, -0.25) is 4.90 Å². The predicted molar refractivity (Wildman–Crippen MR) is 86.4 cm³/mol. The number of nitrogens with zero attached hydrogens (tertiary/aromatic N) is 2. The van der Waals surface area contributed by atoms with Crippen LogP contribution in [0.4, 0.5) is 5.69 Å². The van der Waals surface area contributed by atoms with Gasteiger partial charge in [-0.2, -0.15) is 0 Å². The second-order valence-corrected chi connectivity index (χ2v) is 8.71. The average molecular weight is 308 g/mol. The van der Waals surface area contributed by atoms with Gasteiger partial charge in [-0.05, 0) is 30.9 Å². The van der Waals surface area contributed by atoms with Gasteiger partial charge in [-0.1, -0.05) is 18.2 Å². The Morgan fingerprint density at radius 2 is 1.81 bits per heavy atom. The van der Waals surface area contributed by atoms with Crippen LogP contribution in [0.1, 0.15) is 24.8 Å². The Labute approximate surface area is 127 Å². The fourth-order valence-electron chi connectivity index (χ4n) is 3.28. The Bertz CT molecular complexity index is 608. The minimum atomic E-state index is -2.82. The molecule has 5 heteroatoms. The van der Waals surface area contributed by atoms with Gasteiger partial charge >= 0.3 is 0 Å². The van der Waals surface area contributed by atoms with Crippen LogP contribution in [0.25, 0.3) is 0 Å². The Hall–Kier alpha value is -1.07. The summed E-state index contributed by atoms with van der Waals surface area (Å²) in [6.07, 6.45) is 3.21. The van der Waals surface area contributed by atoms with Crippen molar-refractivity contribution < 1.29 is 8.42 Å². The summed E-state index contributed by atoms with van der Waals surface area (Å²) in [6.45, 7) is 0.860. The molecule has 21 heavy (non-hydrogen) atoms. The highest BCUT2D eigenvalue weighted by molar-refractivity contribution is 7.91. The molecule has 4 nitrogen and oxygen atoms in total. The molecule has 1 atom stereocenters. The topological polar surface area (TPSA) is 40.6 Å². The van der Waals surface area contributed by atoms with E-state index in [1.165, 1.54) is 24.1 Å². The molecule has 0 bridgehead atoms. The van der Waals surface area contributed by atoms with E-state index in [-0.39, 0.29) is 6.04 Å². The van der Waals surface area contributed by atoms with Crippen molar-refractivity contribution in [2.24, 2.45) is 0 Å². The van der Waals surface area contributed by atoms with Gasteiger partial charge in [0, 0.05) is 38.4 Å². The molecule has 116 valence electrons. The molecule has 1 aromatic rings. The van der Waals surface area contributed by atoms with Gasteiger partial charge in [0.05, 0.1) is 11.5 Å². The van der Waals surface area contributed by atoms with Crippen molar-refractivity contribution in [3.63, 3.8) is 0 Å². The summed E-state index contributed by atoms with van der Waals surface area (Å²) in [5.74, 6) is 0.698. The van der Waals surface area contributed by atoms with Gasteiger partial charge in [-0.25, -0.2) is 8.42 Å². The molecule has 1 aromatic carbocycles. The first-order valence-electron chi connectivity index (χ1n) is 7.68. The highest BCUT2D eigenvalue weighted by atomic mass is 32.2. The molecular weight excluding hydrogens is 284 g/mol. The van der Waals surface area contributed by atoms with E-state index in [1.807, 2.05) is 0 Å². The molecule has 0 spiro atoms. The molecule has 0 radical (unpaired) electrons. The minimum absolute atomic E-state index is 0.206. The number of anilines is 1. The van der Waals surface area contributed by atoms with Crippen LogP contribution in [0.15, 0.2) is 24.3 Å². The van der Waals surface area contributed by atoms with Crippen LogP contribution in [0.5, 0.6) is 0 Å². The zero-order valence-electron chi connectivity index (χ0n) is 12.8. The lowest BCUT2D eigenvalue weighted by Gasteiger charge is -2.30. The van der Waals surface area contributed by atoms with Crippen LogP contribution >= 0.6 is 0 Å².